The van der Waals surface area contributed by atoms with Crippen LogP contribution in [-0.2, 0) is 0 Å². The van der Waals surface area contributed by atoms with Crippen LogP contribution in [0.15, 0.2) is 0 Å². The van der Waals surface area contributed by atoms with Gasteiger partial charge in [0.25, 0.3) is 0 Å². The predicted octanol–water partition coefficient (Wildman–Crippen LogP) is 2.27. The van der Waals surface area contributed by atoms with Gasteiger partial charge in [-0.3, -0.25) is 0 Å². The minimum absolute atomic E-state index is 0.214. The largest absolute Gasteiger partial charge is 0.327 e. The third-order valence-corrected chi connectivity index (χ3v) is 5.11. The maximum atomic E-state index is 6.39. The molecule has 0 aromatic carbocycles. The zero-order valence-corrected chi connectivity index (χ0v) is 10.1. The van der Waals surface area contributed by atoms with Crippen LogP contribution in [0.25, 0.3) is 0 Å². The molecule has 0 spiro atoms. The molecule has 14 heavy (non-hydrogen) atoms. The molecule has 0 atom stereocenters. The van der Waals surface area contributed by atoms with Crippen molar-refractivity contribution in [1.29, 1.82) is 0 Å². The number of rotatable bonds is 4. The highest BCUT2D eigenvalue weighted by molar-refractivity contribution is 5.19. The molecule has 2 nitrogen and oxygen atoms in total. The summed E-state index contributed by atoms with van der Waals surface area (Å²) >= 11 is 0. The molecule has 2 heteroatoms. The van der Waals surface area contributed by atoms with Gasteiger partial charge in [0.2, 0.25) is 0 Å². The minimum Gasteiger partial charge on any atom is -0.327 e. The first kappa shape index (κ1) is 12.0. The van der Waals surface area contributed by atoms with E-state index in [1.807, 2.05) is 0 Å². The zero-order chi connectivity index (χ0) is 11.0. The van der Waals surface area contributed by atoms with Crippen molar-refractivity contribution in [3.63, 3.8) is 0 Å². The Morgan fingerprint density at radius 3 is 1.07 bits per heavy atom. The summed E-state index contributed by atoms with van der Waals surface area (Å²) in [5.41, 5.74) is 13.2. The van der Waals surface area contributed by atoms with Crippen molar-refractivity contribution in [1.82, 2.24) is 0 Å². The molecule has 1 aliphatic rings. The Hall–Kier alpha value is -0.0800. The number of nitrogens with two attached hydrogens (primary N) is 2. The van der Waals surface area contributed by atoms with Crippen LogP contribution < -0.4 is 11.5 Å². The molecule has 1 rings (SSSR count). The second kappa shape index (κ2) is 3.82. The first-order valence-corrected chi connectivity index (χ1v) is 6.06. The van der Waals surface area contributed by atoms with Crippen molar-refractivity contribution in [3.05, 3.63) is 0 Å². The van der Waals surface area contributed by atoms with Gasteiger partial charge in [0.1, 0.15) is 0 Å². The summed E-state index contributed by atoms with van der Waals surface area (Å²) in [7, 11) is 0. The Balaban J connectivity index is 2.92. The third-order valence-electron chi connectivity index (χ3n) is 5.11. The Bertz CT molecular complexity index is 158. The quantitative estimate of drug-likeness (QED) is 0.728. The normalized spacial score (nSPS) is 33.9. The fourth-order valence-electron chi connectivity index (χ4n) is 3.69. The first-order chi connectivity index (χ1) is 6.55. The fourth-order valence-corrected chi connectivity index (χ4v) is 3.69. The minimum atomic E-state index is 0.214. The van der Waals surface area contributed by atoms with Crippen LogP contribution in [0.1, 0.15) is 53.4 Å². The average Bonchev–Trinajstić information content (AvgIpc) is 2.23. The lowest BCUT2D eigenvalue weighted by Crippen LogP contribution is -2.77. The molecule has 4 N–H and O–H groups in total. The van der Waals surface area contributed by atoms with E-state index in [9.17, 15) is 0 Å². The smallest absolute Gasteiger partial charge is 0.0182 e. The fraction of sp³-hybridized carbons (Fsp3) is 1.00. The van der Waals surface area contributed by atoms with E-state index >= 15 is 0 Å². The Kier molecular flexibility index (Phi) is 3.27. The third kappa shape index (κ3) is 1.10. The van der Waals surface area contributed by atoms with Crippen LogP contribution in [0.2, 0.25) is 0 Å². The summed E-state index contributed by atoms with van der Waals surface area (Å²) in [5.74, 6) is 0. The maximum absolute atomic E-state index is 6.39. The highest BCUT2D eigenvalue weighted by Gasteiger charge is 2.64. The van der Waals surface area contributed by atoms with Crippen LogP contribution in [0.5, 0.6) is 0 Å². The molecule has 1 aliphatic carbocycles. The van der Waals surface area contributed by atoms with Crippen LogP contribution in [0.4, 0.5) is 0 Å². The van der Waals surface area contributed by atoms with Crippen molar-refractivity contribution in [2.75, 3.05) is 0 Å². The Morgan fingerprint density at radius 1 is 0.714 bits per heavy atom. The molecule has 0 amide bonds. The van der Waals surface area contributed by atoms with E-state index in [-0.39, 0.29) is 10.8 Å². The van der Waals surface area contributed by atoms with Gasteiger partial charge in [-0.2, -0.15) is 0 Å². The zero-order valence-electron chi connectivity index (χ0n) is 10.1. The summed E-state index contributed by atoms with van der Waals surface area (Å²) in [5, 5.41) is 0. The Labute approximate surface area is 88.4 Å². The van der Waals surface area contributed by atoms with E-state index in [1.165, 1.54) is 0 Å². The lowest BCUT2D eigenvalue weighted by molar-refractivity contribution is -0.111. The number of hydrogen-bond donors (Lipinski definition) is 2. The van der Waals surface area contributed by atoms with Crippen LogP contribution in [0, 0.1) is 10.8 Å². The van der Waals surface area contributed by atoms with E-state index in [1.54, 1.807) is 0 Å². The predicted molar refractivity (Wildman–Crippen MR) is 62.0 cm³/mol. The molecule has 1 fully saturated rings. The summed E-state index contributed by atoms with van der Waals surface area (Å²) in [6, 6.07) is 0.602. The summed E-state index contributed by atoms with van der Waals surface area (Å²) in [4.78, 5) is 0. The van der Waals surface area contributed by atoms with Gasteiger partial charge in [0.15, 0.2) is 0 Å². The van der Waals surface area contributed by atoms with Crippen LogP contribution in [0.3, 0.4) is 0 Å². The molecule has 0 bridgehead atoms. The topological polar surface area (TPSA) is 52.0 Å². The van der Waals surface area contributed by atoms with E-state index < -0.39 is 0 Å². The molecule has 1 saturated carbocycles. The molecule has 0 radical (unpaired) electrons. The number of hydrogen-bond acceptors (Lipinski definition) is 2. The van der Waals surface area contributed by atoms with Gasteiger partial charge in [-0.05, 0) is 25.7 Å². The van der Waals surface area contributed by atoms with Crippen molar-refractivity contribution >= 4 is 0 Å². The van der Waals surface area contributed by atoms with E-state index in [2.05, 4.69) is 27.7 Å². The van der Waals surface area contributed by atoms with Crippen LogP contribution >= 0.6 is 0 Å². The highest BCUT2D eigenvalue weighted by atomic mass is 14.9. The van der Waals surface area contributed by atoms with E-state index in [0.29, 0.717) is 12.1 Å². The second-order valence-corrected chi connectivity index (χ2v) is 4.84. The van der Waals surface area contributed by atoms with Gasteiger partial charge >= 0.3 is 0 Å². The van der Waals surface area contributed by atoms with Gasteiger partial charge in [-0.25, -0.2) is 0 Å². The first-order valence-electron chi connectivity index (χ1n) is 6.06. The molecule has 0 aromatic rings. The van der Waals surface area contributed by atoms with Crippen molar-refractivity contribution < 1.29 is 0 Å². The maximum Gasteiger partial charge on any atom is 0.0182 e. The summed E-state index contributed by atoms with van der Waals surface area (Å²) in [6.07, 6.45) is 4.47. The molecule has 0 unspecified atom stereocenters. The Morgan fingerprint density at radius 2 is 0.929 bits per heavy atom. The molecular weight excluding hydrogens is 172 g/mol. The van der Waals surface area contributed by atoms with Crippen molar-refractivity contribution in [3.8, 4) is 0 Å². The van der Waals surface area contributed by atoms with Crippen molar-refractivity contribution in [2.45, 2.75) is 65.5 Å². The highest BCUT2D eigenvalue weighted by Crippen LogP contribution is 2.59. The van der Waals surface area contributed by atoms with Gasteiger partial charge < -0.3 is 11.5 Å². The lowest BCUT2D eigenvalue weighted by Gasteiger charge is -2.66. The molecule has 0 aliphatic heterocycles. The van der Waals surface area contributed by atoms with Gasteiger partial charge in [-0.15, -0.1) is 0 Å². The van der Waals surface area contributed by atoms with Crippen molar-refractivity contribution in [2.24, 2.45) is 22.3 Å². The average molecular weight is 198 g/mol. The van der Waals surface area contributed by atoms with Gasteiger partial charge in [-0.1, -0.05) is 27.7 Å². The standard InChI is InChI=1S/C12H26N2/c1-5-11(6-2)9(13)12(7-3,8-4)10(11)14/h9-10H,5-8,13-14H2,1-4H3. The van der Waals surface area contributed by atoms with Gasteiger partial charge in [0.05, 0.1) is 0 Å². The monoisotopic (exact) mass is 198 g/mol. The van der Waals surface area contributed by atoms with E-state index in [4.69, 9.17) is 11.5 Å². The lowest BCUT2D eigenvalue weighted by atomic mass is 9.42. The molecule has 84 valence electrons. The second-order valence-electron chi connectivity index (χ2n) is 4.84. The molecular formula is C12H26N2. The summed E-state index contributed by atoms with van der Waals surface area (Å²) < 4.78 is 0. The molecule has 0 aromatic heterocycles. The molecule has 0 saturated heterocycles. The van der Waals surface area contributed by atoms with E-state index in [0.717, 1.165) is 25.7 Å². The SMILES string of the molecule is CCC1(CC)C(N)C(CC)(CC)C1N. The van der Waals surface area contributed by atoms with Crippen LogP contribution in [-0.4, -0.2) is 12.1 Å². The molecule has 0 heterocycles. The van der Waals surface area contributed by atoms with Gasteiger partial charge in [0, 0.05) is 22.9 Å². The summed E-state index contributed by atoms with van der Waals surface area (Å²) in [6.45, 7) is 8.88.